The van der Waals surface area contributed by atoms with Crippen LogP contribution in [0.3, 0.4) is 0 Å². The van der Waals surface area contributed by atoms with Crippen LogP contribution in [-0.2, 0) is 9.53 Å². The van der Waals surface area contributed by atoms with Crippen molar-refractivity contribution in [1.82, 2.24) is 20.1 Å². The number of aromatic nitrogens is 3. The minimum absolute atomic E-state index is 0.0187. The van der Waals surface area contributed by atoms with Gasteiger partial charge in [-0.15, -0.1) is 10.2 Å². The molecule has 2 aromatic heterocycles. The van der Waals surface area contributed by atoms with Crippen LogP contribution in [0.15, 0.2) is 48.7 Å². The Hall–Kier alpha value is -4.16. The molecule has 11 nitrogen and oxygen atoms in total. The monoisotopic (exact) mass is 583 g/mol. The summed E-state index contributed by atoms with van der Waals surface area (Å²) in [5.41, 5.74) is -0.519. The first-order chi connectivity index (χ1) is 19.5. The van der Waals surface area contributed by atoms with Gasteiger partial charge in [0.25, 0.3) is 11.8 Å². The Kier molecular flexibility index (Phi) is 9.46. The predicted molar refractivity (Wildman–Crippen MR) is 153 cm³/mol. The SMILES string of the molecule is CC(C)(C)OC(=O)CN1CCCN(c2ccc(C(=O)Nc3ccc(F)cc3C(=O)Nc3ccc(Cl)cn3)nn2)CC1. The Bertz CT molecular complexity index is 1400. The van der Waals surface area contributed by atoms with E-state index < -0.39 is 23.2 Å². The molecule has 0 unspecified atom stereocenters. The molecule has 216 valence electrons. The van der Waals surface area contributed by atoms with Crippen LogP contribution in [0.2, 0.25) is 5.02 Å². The van der Waals surface area contributed by atoms with Crippen LogP contribution in [0.5, 0.6) is 0 Å². The molecule has 0 radical (unpaired) electrons. The molecule has 3 aromatic rings. The molecule has 0 atom stereocenters. The van der Waals surface area contributed by atoms with Gasteiger partial charge in [0.2, 0.25) is 0 Å². The smallest absolute Gasteiger partial charge is 0.320 e. The number of hydrogen-bond acceptors (Lipinski definition) is 9. The van der Waals surface area contributed by atoms with E-state index in [9.17, 15) is 18.8 Å². The molecule has 2 amide bonds. The first-order valence-corrected chi connectivity index (χ1v) is 13.4. The second-order valence-corrected chi connectivity index (χ2v) is 10.9. The molecule has 0 aliphatic carbocycles. The highest BCUT2D eigenvalue weighted by atomic mass is 35.5. The number of carbonyl (C=O) groups excluding carboxylic acids is 3. The van der Waals surface area contributed by atoms with Crippen LogP contribution in [0.1, 0.15) is 48.0 Å². The lowest BCUT2D eigenvalue weighted by atomic mass is 10.1. The van der Waals surface area contributed by atoms with E-state index in [1.54, 1.807) is 12.1 Å². The molecule has 4 rings (SSSR count). The van der Waals surface area contributed by atoms with Crippen molar-refractivity contribution >= 4 is 46.7 Å². The largest absolute Gasteiger partial charge is 0.459 e. The number of pyridine rings is 1. The predicted octanol–water partition coefficient (Wildman–Crippen LogP) is 4.02. The Morgan fingerprint density at radius 3 is 2.46 bits per heavy atom. The van der Waals surface area contributed by atoms with Gasteiger partial charge in [-0.2, -0.15) is 0 Å². The number of anilines is 3. The summed E-state index contributed by atoms with van der Waals surface area (Å²) in [6, 6.07) is 9.70. The number of rotatable bonds is 7. The Morgan fingerprint density at radius 2 is 1.78 bits per heavy atom. The number of carbonyl (C=O) groups is 3. The summed E-state index contributed by atoms with van der Waals surface area (Å²) in [7, 11) is 0. The van der Waals surface area contributed by atoms with Crippen molar-refractivity contribution in [1.29, 1.82) is 0 Å². The third-order valence-corrected chi connectivity index (χ3v) is 6.24. The molecular formula is C28H31ClFN7O4. The summed E-state index contributed by atoms with van der Waals surface area (Å²) >= 11 is 5.82. The fraction of sp³-hybridized carbons (Fsp3) is 0.357. The van der Waals surface area contributed by atoms with Crippen LogP contribution in [0.4, 0.5) is 21.7 Å². The molecule has 3 heterocycles. The number of hydrogen-bond donors (Lipinski definition) is 2. The fourth-order valence-electron chi connectivity index (χ4n) is 4.16. The molecular weight excluding hydrogens is 553 g/mol. The second-order valence-electron chi connectivity index (χ2n) is 10.4. The van der Waals surface area contributed by atoms with Crippen LogP contribution in [-0.4, -0.2) is 76.2 Å². The lowest BCUT2D eigenvalue weighted by Gasteiger charge is -2.24. The normalized spacial score (nSPS) is 14.2. The Labute approximate surface area is 242 Å². The van der Waals surface area contributed by atoms with Gasteiger partial charge >= 0.3 is 5.97 Å². The van der Waals surface area contributed by atoms with Crippen LogP contribution < -0.4 is 15.5 Å². The summed E-state index contributed by atoms with van der Waals surface area (Å²) in [5.74, 6) is -1.39. The molecule has 0 spiro atoms. The number of nitrogens with one attached hydrogen (secondary N) is 2. The Balaban J connectivity index is 1.38. The zero-order chi connectivity index (χ0) is 29.6. The summed E-state index contributed by atoms with van der Waals surface area (Å²) in [6.07, 6.45) is 2.17. The number of esters is 1. The molecule has 1 fully saturated rings. The first-order valence-electron chi connectivity index (χ1n) is 13.0. The van der Waals surface area contributed by atoms with Crippen molar-refractivity contribution in [2.24, 2.45) is 0 Å². The molecule has 41 heavy (non-hydrogen) atoms. The van der Waals surface area contributed by atoms with Crippen LogP contribution in [0.25, 0.3) is 0 Å². The molecule has 1 aromatic carbocycles. The maximum absolute atomic E-state index is 14.0. The molecule has 0 bridgehead atoms. The van der Waals surface area contributed by atoms with Gasteiger partial charge in [-0.3, -0.25) is 19.3 Å². The zero-order valence-electron chi connectivity index (χ0n) is 23.0. The molecule has 1 aliphatic heterocycles. The highest BCUT2D eigenvalue weighted by Gasteiger charge is 2.23. The average molecular weight is 584 g/mol. The van der Waals surface area contributed by atoms with Crippen molar-refractivity contribution in [3.05, 3.63) is 70.8 Å². The van der Waals surface area contributed by atoms with Gasteiger partial charge < -0.3 is 20.3 Å². The molecule has 1 saturated heterocycles. The van der Waals surface area contributed by atoms with E-state index in [1.807, 2.05) is 30.6 Å². The molecule has 0 saturated carbocycles. The lowest BCUT2D eigenvalue weighted by Crippen LogP contribution is -2.37. The van der Waals surface area contributed by atoms with E-state index >= 15 is 0 Å². The van der Waals surface area contributed by atoms with Crippen molar-refractivity contribution in [3.8, 4) is 0 Å². The van der Waals surface area contributed by atoms with Gasteiger partial charge in [-0.25, -0.2) is 9.37 Å². The fourth-order valence-corrected chi connectivity index (χ4v) is 4.27. The quantitative estimate of drug-likeness (QED) is 0.396. The van der Waals surface area contributed by atoms with Crippen LogP contribution >= 0.6 is 11.6 Å². The van der Waals surface area contributed by atoms with Crippen LogP contribution in [0, 0.1) is 5.82 Å². The van der Waals surface area contributed by atoms with E-state index in [-0.39, 0.29) is 35.3 Å². The van der Waals surface area contributed by atoms with E-state index in [2.05, 4.69) is 25.8 Å². The molecule has 13 heteroatoms. The Morgan fingerprint density at radius 1 is 0.976 bits per heavy atom. The number of benzene rings is 1. The van der Waals surface area contributed by atoms with Gasteiger partial charge in [0.15, 0.2) is 11.5 Å². The van der Waals surface area contributed by atoms with Gasteiger partial charge in [0.1, 0.15) is 17.2 Å². The standard InChI is InChI=1S/C28H31ClFN7O4/c1-28(2,3)41-25(38)17-36-11-4-12-37(14-13-36)24-10-8-22(34-35-24)27(40)32-21-7-6-19(30)15-20(21)26(39)33-23-9-5-18(29)16-31-23/h5-10,15-16H,4,11-14,17H2,1-3H3,(H,32,40)(H,31,33,39). The third-order valence-electron chi connectivity index (χ3n) is 6.01. The second kappa shape index (κ2) is 13.0. The van der Waals surface area contributed by atoms with E-state index in [0.29, 0.717) is 30.5 Å². The van der Waals surface area contributed by atoms with E-state index in [1.165, 1.54) is 24.4 Å². The van der Waals surface area contributed by atoms with Gasteiger partial charge in [0, 0.05) is 32.4 Å². The van der Waals surface area contributed by atoms with Gasteiger partial charge in [-0.1, -0.05) is 11.6 Å². The minimum Gasteiger partial charge on any atom is -0.459 e. The maximum atomic E-state index is 14.0. The summed E-state index contributed by atoms with van der Waals surface area (Å²) in [6.45, 7) is 8.46. The number of amides is 2. The highest BCUT2D eigenvalue weighted by molar-refractivity contribution is 6.30. The van der Waals surface area contributed by atoms with E-state index in [4.69, 9.17) is 16.3 Å². The maximum Gasteiger partial charge on any atom is 0.320 e. The topological polar surface area (TPSA) is 130 Å². The van der Waals surface area contributed by atoms with Crippen molar-refractivity contribution in [2.45, 2.75) is 32.8 Å². The summed E-state index contributed by atoms with van der Waals surface area (Å²) in [4.78, 5) is 46.0. The first kappa shape index (κ1) is 29.8. The number of ether oxygens (including phenoxy) is 1. The van der Waals surface area contributed by atoms with E-state index in [0.717, 1.165) is 25.1 Å². The minimum atomic E-state index is -0.669. The van der Waals surface area contributed by atoms with Crippen molar-refractivity contribution in [3.63, 3.8) is 0 Å². The highest BCUT2D eigenvalue weighted by Crippen LogP contribution is 2.21. The van der Waals surface area contributed by atoms with Gasteiger partial charge in [-0.05, 0) is 69.7 Å². The zero-order valence-corrected chi connectivity index (χ0v) is 23.7. The molecule has 2 N–H and O–H groups in total. The number of nitrogens with zero attached hydrogens (tertiary/aromatic N) is 5. The number of halogens is 2. The third kappa shape index (κ3) is 8.66. The lowest BCUT2D eigenvalue weighted by molar-refractivity contribution is -0.156. The molecule has 1 aliphatic rings. The van der Waals surface area contributed by atoms with Crippen molar-refractivity contribution in [2.75, 3.05) is 48.3 Å². The van der Waals surface area contributed by atoms with Gasteiger partial charge in [0.05, 0.1) is 22.8 Å². The average Bonchev–Trinajstić information content (AvgIpc) is 3.15. The summed E-state index contributed by atoms with van der Waals surface area (Å²) in [5, 5.41) is 13.8. The van der Waals surface area contributed by atoms with Crippen molar-refractivity contribution < 1.29 is 23.5 Å². The summed E-state index contributed by atoms with van der Waals surface area (Å²) < 4.78 is 19.4.